The number of fused-ring (bicyclic) bond motifs is 1. The smallest absolute Gasteiger partial charge is 0.265 e. The van der Waals surface area contributed by atoms with Crippen molar-refractivity contribution >= 4 is 33.2 Å². The maximum Gasteiger partial charge on any atom is 0.265 e. The highest BCUT2D eigenvalue weighted by atomic mass is 32.2. The Kier molecular flexibility index (Phi) is 6.20. The SMILES string of the molecule is Cc1cc(C)cc(NC(=O)[C@@H]2CCCN(S(=O)(=O)c3cc4c(cc3C)NC(=O)[C@H](C)O4)C2)c1. The predicted molar refractivity (Wildman–Crippen MR) is 126 cm³/mol. The number of anilines is 2. The Balaban J connectivity index is 1.54. The maximum absolute atomic E-state index is 13.5. The van der Waals surface area contributed by atoms with Gasteiger partial charge in [-0.3, -0.25) is 9.59 Å². The molecule has 0 saturated carbocycles. The first-order valence-corrected chi connectivity index (χ1v) is 12.5. The molecule has 0 bridgehead atoms. The first-order chi connectivity index (χ1) is 15.5. The number of benzene rings is 2. The zero-order valence-electron chi connectivity index (χ0n) is 19.3. The molecule has 2 aromatic rings. The van der Waals surface area contributed by atoms with E-state index in [1.165, 1.54) is 10.4 Å². The Bertz CT molecular complexity index is 1200. The van der Waals surface area contributed by atoms with E-state index < -0.39 is 22.0 Å². The summed E-state index contributed by atoms with van der Waals surface area (Å²) < 4.78 is 34.0. The highest BCUT2D eigenvalue weighted by Gasteiger charge is 2.35. The first kappa shape index (κ1) is 23.3. The lowest BCUT2D eigenvalue weighted by atomic mass is 9.98. The van der Waals surface area contributed by atoms with E-state index in [9.17, 15) is 18.0 Å². The van der Waals surface area contributed by atoms with Crippen LogP contribution in [0.3, 0.4) is 0 Å². The number of rotatable bonds is 4. The van der Waals surface area contributed by atoms with Gasteiger partial charge in [0.2, 0.25) is 15.9 Å². The number of carbonyl (C=O) groups is 2. The van der Waals surface area contributed by atoms with Gasteiger partial charge in [-0.2, -0.15) is 4.31 Å². The van der Waals surface area contributed by atoms with Crippen LogP contribution in [-0.4, -0.2) is 43.7 Å². The normalized spacial score (nSPS) is 21.0. The fraction of sp³-hybridized carbons (Fsp3) is 0.417. The summed E-state index contributed by atoms with van der Waals surface area (Å²) in [5, 5.41) is 5.68. The van der Waals surface area contributed by atoms with Crippen molar-refractivity contribution in [2.45, 2.75) is 51.5 Å². The van der Waals surface area contributed by atoms with Crippen LogP contribution in [0.25, 0.3) is 0 Å². The van der Waals surface area contributed by atoms with Gasteiger partial charge in [-0.05, 0) is 75.4 Å². The molecule has 0 unspecified atom stereocenters. The van der Waals surface area contributed by atoms with Crippen molar-refractivity contribution in [3.05, 3.63) is 47.0 Å². The molecule has 4 rings (SSSR count). The lowest BCUT2D eigenvalue weighted by Gasteiger charge is -2.32. The molecular formula is C24H29N3O5S. The van der Waals surface area contributed by atoms with Crippen molar-refractivity contribution in [2.75, 3.05) is 23.7 Å². The van der Waals surface area contributed by atoms with E-state index in [0.29, 0.717) is 36.4 Å². The second-order valence-corrected chi connectivity index (χ2v) is 10.8. The number of hydrogen-bond donors (Lipinski definition) is 2. The molecule has 2 atom stereocenters. The second kappa shape index (κ2) is 8.79. The number of sulfonamides is 1. The van der Waals surface area contributed by atoms with Crippen molar-refractivity contribution in [3.63, 3.8) is 0 Å². The van der Waals surface area contributed by atoms with E-state index in [1.807, 2.05) is 32.0 Å². The molecule has 1 saturated heterocycles. The molecule has 2 N–H and O–H groups in total. The molecule has 2 aliphatic rings. The van der Waals surface area contributed by atoms with Crippen LogP contribution in [-0.2, 0) is 19.6 Å². The molecule has 176 valence electrons. The average Bonchev–Trinajstić information content (AvgIpc) is 2.74. The van der Waals surface area contributed by atoms with Crippen molar-refractivity contribution < 1.29 is 22.7 Å². The zero-order valence-corrected chi connectivity index (χ0v) is 20.1. The van der Waals surface area contributed by atoms with Gasteiger partial charge in [0.05, 0.1) is 16.5 Å². The molecule has 1 fully saturated rings. The monoisotopic (exact) mass is 471 g/mol. The summed E-state index contributed by atoms with van der Waals surface area (Å²) in [4.78, 5) is 24.9. The number of piperidine rings is 1. The molecule has 0 spiro atoms. The summed E-state index contributed by atoms with van der Waals surface area (Å²) in [5.41, 5.74) is 3.78. The van der Waals surface area contributed by atoms with Gasteiger partial charge in [0.15, 0.2) is 6.10 Å². The number of carbonyl (C=O) groups excluding carboxylic acids is 2. The molecule has 0 radical (unpaired) electrons. The number of nitrogens with one attached hydrogen (secondary N) is 2. The number of nitrogens with zero attached hydrogens (tertiary/aromatic N) is 1. The van der Waals surface area contributed by atoms with Crippen LogP contribution in [0.5, 0.6) is 5.75 Å². The maximum atomic E-state index is 13.5. The van der Waals surface area contributed by atoms with Gasteiger partial charge in [-0.25, -0.2) is 8.42 Å². The number of ether oxygens (including phenoxy) is 1. The highest BCUT2D eigenvalue weighted by Crippen LogP contribution is 2.36. The van der Waals surface area contributed by atoms with Gasteiger partial charge in [0, 0.05) is 24.8 Å². The average molecular weight is 472 g/mol. The van der Waals surface area contributed by atoms with Crippen molar-refractivity contribution in [3.8, 4) is 5.75 Å². The van der Waals surface area contributed by atoms with E-state index in [2.05, 4.69) is 10.6 Å². The van der Waals surface area contributed by atoms with Crippen molar-refractivity contribution in [1.29, 1.82) is 0 Å². The van der Waals surface area contributed by atoms with Gasteiger partial charge < -0.3 is 15.4 Å². The fourth-order valence-corrected chi connectivity index (χ4v) is 6.17. The first-order valence-electron chi connectivity index (χ1n) is 11.1. The van der Waals surface area contributed by atoms with E-state index >= 15 is 0 Å². The topological polar surface area (TPSA) is 105 Å². The third-order valence-electron chi connectivity index (χ3n) is 6.07. The third kappa shape index (κ3) is 4.74. The van der Waals surface area contributed by atoms with Gasteiger partial charge >= 0.3 is 0 Å². The second-order valence-electron chi connectivity index (χ2n) is 8.93. The van der Waals surface area contributed by atoms with Crippen molar-refractivity contribution in [2.24, 2.45) is 5.92 Å². The molecule has 0 aromatic heterocycles. The Labute approximate surface area is 194 Å². The minimum absolute atomic E-state index is 0.115. The summed E-state index contributed by atoms with van der Waals surface area (Å²) in [6, 6.07) is 8.91. The van der Waals surface area contributed by atoms with Crippen LogP contribution in [0.15, 0.2) is 35.2 Å². The predicted octanol–water partition coefficient (Wildman–Crippen LogP) is 3.37. The quantitative estimate of drug-likeness (QED) is 0.711. The van der Waals surface area contributed by atoms with Crippen LogP contribution in [0.1, 0.15) is 36.5 Å². The van der Waals surface area contributed by atoms with E-state index in [4.69, 9.17) is 4.74 Å². The Morgan fingerprint density at radius 1 is 1.12 bits per heavy atom. The lowest BCUT2D eigenvalue weighted by molar-refractivity contribution is -0.123. The minimum Gasteiger partial charge on any atom is -0.479 e. The zero-order chi connectivity index (χ0) is 23.9. The summed E-state index contributed by atoms with van der Waals surface area (Å²) in [6.45, 7) is 7.69. The number of aryl methyl sites for hydroxylation is 3. The number of hydrogen-bond acceptors (Lipinski definition) is 5. The highest BCUT2D eigenvalue weighted by molar-refractivity contribution is 7.89. The molecule has 2 heterocycles. The molecule has 2 amide bonds. The van der Waals surface area contributed by atoms with Crippen LogP contribution >= 0.6 is 0 Å². The van der Waals surface area contributed by atoms with Gasteiger partial charge in [0.25, 0.3) is 5.91 Å². The largest absolute Gasteiger partial charge is 0.479 e. The van der Waals surface area contributed by atoms with Gasteiger partial charge in [-0.1, -0.05) is 6.07 Å². The Morgan fingerprint density at radius 3 is 2.52 bits per heavy atom. The Morgan fingerprint density at radius 2 is 1.82 bits per heavy atom. The third-order valence-corrected chi connectivity index (χ3v) is 8.08. The summed E-state index contributed by atoms with van der Waals surface area (Å²) in [5.74, 6) is -0.566. The van der Waals surface area contributed by atoms with Crippen molar-refractivity contribution in [1.82, 2.24) is 4.31 Å². The van der Waals surface area contributed by atoms with E-state index in [-0.39, 0.29) is 23.3 Å². The molecule has 2 aliphatic heterocycles. The minimum atomic E-state index is -3.85. The van der Waals surface area contributed by atoms with Crippen LogP contribution in [0.4, 0.5) is 11.4 Å². The summed E-state index contributed by atoms with van der Waals surface area (Å²) in [7, 11) is -3.85. The van der Waals surface area contributed by atoms with Gasteiger partial charge in [-0.15, -0.1) is 0 Å². The van der Waals surface area contributed by atoms with E-state index in [0.717, 1.165) is 16.8 Å². The number of amides is 2. The molecule has 2 aromatic carbocycles. The lowest BCUT2D eigenvalue weighted by Crippen LogP contribution is -2.44. The molecule has 8 nitrogen and oxygen atoms in total. The van der Waals surface area contributed by atoms with Crippen LogP contribution < -0.4 is 15.4 Å². The molecule has 33 heavy (non-hydrogen) atoms. The summed E-state index contributed by atoms with van der Waals surface area (Å²) in [6.07, 6.45) is 0.514. The van der Waals surface area contributed by atoms with Gasteiger partial charge in [0.1, 0.15) is 5.75 Å². The van der Waals surface area contributed by atoms with Crippen LogP contribution in [0, 0.1) is 26.7 Å². The van der Waals surface area contributed by atoms with Crippen LogP contribution in [0.2, 0.25) is 0 Å². The molecule has 9 heteroatoms. The Hall–Kier alpha value is -2.91. The fourth-order valence-electron chi connectivity index (χ4n) is 4.43. The standard InChI is InChI=1S/C24H29N3O5S/c1-14-8-15(2)10-19(9-14)25-24(29)18-6-5-7-27(13-18)33(30,31)22-12-21-20(11-16(22)3)26-23(28)17(4)32-21/h8-12,17-18H,5-7,13H2,1-4H3,(H,25,29)(H,26,28)/t17-,18+/m0/s1. The molecular weight excluding hydrogens is 442 g/mol. The van der Waals surface area contributed by atoms with E-state index in [1.54, 1.807) is 19.9 Å². The summed E-state index contributed by atoms with van der Waals surface area (Å²) >= 11 is 0. The molecule has 0 aliphatic carbocycles.